The van der Waals surface area contributed by atoms with Gasteiger partial charge in [0.1, 0.15) is 5.75 Å². The Bertz CT molecular complexity index is 303. The fourth-order valence-electron chi connectivity index (χ4n) is 0.932. The monoisotopic (exact) mass is 194 g/mol. The van der Waals surface area contributed by atoms with Crippen molar-refractivity contribution in [2.75, 3.05) is 0 Å². The molecule has 1 aromatic carbocycles. The number of aromatic hydroxyl groups is 1. The molecular formula is C11H14O3. The zero-order valence-electron chi connectivity index (χ0n) is 8.36. The summed E-state index contributed by atoms with van der Waals surface area (Å²) >= 11 is 0. The van der Waals surface area contributed by atoms with E-state index in [0.717, 1.165) is 6.42 Å². The topological polar surface area (TPSA) is 46.5 Å². The molecule has 0 saturated carbocycles. The maximum atomic E-state index is 11.4. The number of hydrogen-bond donors (Lipinski definition) is 1. The van der Waals surface area contributed by atoms with Gasteiger partial charge >= 0.3 is 5.97 Å². The fraction of sp³-hybridized carbons (Fsp3) is 0.364. The van der Waals surface area contributed by atoms with Crippen molar-refractivity contribution < 1.29 is 14.6 Å². The Morgan fingerprint density at radius 3 is 2.50 bits per heavy atom. The normalized spacial score (nSPS) is 12.1. The van der Waals surface area contributed by atoms with E-state index in [1.54, 1.807) is 12.1 Å². The summed E-state index contributed by atoms with van der Waals surface area (Å²) in [4.78, 5) is 11.4. The zero-order valence-corrected chi connectivity index (χ0v) is 8.36. The highest BCUT2D eigenvalue weighted by Gasteiger charge is 2.09. The second kappa shape index (κ2) is 4.65. The van der Waals surface area contributed by atoms with Crippen molar-refractivity contribution in [1.29, 1.82) is 0 Å². The predicted molar refractivity (Wildman–Crippen MR) is 53.3 cm³/mol. The van der Waals surface area contributed by atoms with Crippen molar-refractivity contribution in [1.82, 2.24) is 0 Å². The third-order valence-corrected chi connectivity index (χ3v) is 1.99. The molecule has 0 spiro atoms. The minimum Gasteiger partial charge on any atom is -0.508 e. The summed E-state index contributed by atoms with van der Waals surface area (Å²) in [6.07, 6.45) is 0.723. The van der Waals surface area contributed by atoms with Gasteiger partial charge in [-0.1, -0.05) is 6.92 Å². The first-order valence-corrected chi connectivity index (χ1v) is 4.63. The van der Waals surface area contributed by atoms with Crippen molar-refractivity contribution in [3.8, 4) is 5.75 Å². The van der Waals surface area contributed by atoms with Crippen LogP contribution in [0.5, 0.6) is 5.75 Å². The molecule has 1 unspecified atom stereocenters. The molecule has 0 fully saturated rings. The van der Waals surface area contributed by atoms with Gasteiger partial charge < -0.3 is 9.84 Å². The van der Waals surface area contributed by atoms with Gasteiger partial charge in [-0.25, -0.2) is 4.79 Å². The van der Waals surface area contributed by atoms with Crippen LogP contribution in [0.4, 0.5) is 0 Å². The Hall–Kier alpha value is -1.51. The van der Waals surface area contributed by atoms with E-state index in [9.17, 15) is 4.79 Å². The number of ether oxygens (including phenoxy) is 1. The van der Waals surface area contributed by atoms with Gasteiger partial charge in [0.25, 0.3) is 0 Å². The van der Waals surface area contributed by atoms with E-state index < -0.39 is 0 Å². The van der Waals surface area contributed by atoms with E-state index in [0.29, 0.717) is 5.56 Å². The predicted octanol–water partition coefficient (Wildman–Crippen LogP) is 2.35. The van der Waals surface area contributed by atoms with Gasteiger partial charge in [0.2, 0.25) is 0 Å². The molecule has 1 atom stereocenters. The Labute approximate surface area is 83.3 Å². The van der Waals surface area contributed by atoms with Gasteiger partial charge in [0.15, 0.2) is 0 Å². The lowest BCUT2D eigenvalue weighted by atomic mass is 10.2. The maximum Gasteiger partial charge on any atom is 0.338 e. The third kappa shape index (κ3) is 2.76. The number of hydrogen-bond acceptors (Lipinski definition) is 3. The number of esters is 1. The van der Waals surface area contributed by atoms with Crippen LogP contribution in [-0.2, 0) is 4.74 Å². The number of carbonyl (C=O) groups excluding carboxylic acids is 1. The molecule has 0 aromatic heterocycles. The highest BCUT2D eigenvalue weighted by molar-refractivity contribution is 5.89. The van der Waals surface area contributed by atoms with E-state index in [1.807, 2.05) is 13.8 Å². The molecule has 76 valence electrons. The third-order valence-electron chi connectivity index (χ3n) is 1.99. The summed E-state index contributed by atoms with van der Waals surface area (Å²) in [6.45, 7) is 3.80. The molecule has 0 bridgehead atoms. The van der Waals surface area contributed by atoms with Crippen LogP contribution < -0.4 is 0 Å². The lowest BCUT2D eigenvalue weighted by Crippen LogP contribution is -2.13. The molecule has 14 heavy (non-hydrogen) atoms. The summed E-state index contributed by atoms with van der Waals surface area (Å²) in [5, 5.41) is 9.01. The van der Waals surface area contributed by atoms with Crippen molar-refractivity contribution >= 4 is 5.97 Å². The standard InChI is InChI=1S/C11H14O3/c1-3-8(2)14-11(13)9-4-6-10(12)7-5-9/h4-8,12H,3H2,1-2H3. The lowest BCUT2D eigenvalue weighted by Gasteiger charge is -2.10. The molecular weight excluding hydrogens is 180 g/mol. The number of benzene rings is 1. The molecule has 1 N–H and O–H groups in total. The molecule has 0 aliphatic rings. The summed E-state index contributed by atoms with van der Waals surface area (Å²) in [6, 6.07) is 6.01. The molecule has 3 heteroatoms. The Morgan fingerprint density at radius 1 is 1.43 bits per heavy atom. The van der Waals surface area contributed by atoms with Crippen LogP contribution in [-0.4, -0.2) is 17.2 Å². The van der Waals surface area contributed by atoms with Crippen molar-refractivity contribution in [2.45, 2.75) is 26.4 Å². The molecule has 0 aliphatic carbocycles. The molecule has 1 rings (SSSR count). The van der Waals surface area contributed by atoms with E-state index in [-0.39, 0.29) is 17.8 Å². The molecule has 0 aliphatic heterocycles. The maximum absolute atomic E-state index is 11.4. The summed E-state index contributed by atoms with van der Waals surface area (Å²) in [5.41, 5.74) is 0.461. The van der Waals surface area contributed by atoms with Crippen molar-refractivity contribution in [2.24, 2.45) is 0 Å². The average molecular weight is 194 g/mol. The highest BCUT2D eigenvalue weighted by Crippen LogP contribution is 2.11. The molecule has 0 amide bonds. The first-order chi connectivity index (χ1) is 6.63. The highest BCUT2D eigenvalue weighted by atomic mass is 16.5. The second-order valence-corrected chi connectivity index (χ2v) is 3.17. The molecule has 0 saturated heterocycles. The Kier molecular flexibility index (Phi) is 3.51. The summed E-state index contributed by atoms with van der Waals surface area (Å²) in [5.74, 6) is -0.204. The van der Waals surface area contributed by atoms with Crippen LogP contribution in [0, 0.1) is 0 Å². The zero-order chi connectivity index (χ0) is 10.6. The van der Waals surface area contributed by atoms with Gasteiger partial charge in [-0.2, -0.15) is 0 Å². The van der Waals surface area contributed by atoms with Gasteiger partial charge in [0.05, 0.1) is 11.7 Å². The quantitative estimate of drug-likeness (QED) is 0.751. The summed E-state index contributed by atoms with van der Waals surface area (Å²) in [7, 11) is 0. The Balaban J connectivity index is 2.65. The van der Waals surface area contributed by atoms with Crippen LogP contribution in [0.25, 0.3) is 0 Å². The van der Waals surface area contributed by atoms with Crippen molar-refractivity contribution in [3.05, 3.63) is 29.8 Å². The van der Waals surface area contributed by atoms with Gasteiger partial charge in [-0.15, -0.1) is 0 Å². The number of phenols is 1. The first kappa shape index (κ1) is 10.6. The van der Waals surface area contributed by atoms with Crippen LogP contribution in [0.3, 0.4) is 0 Å². The SMILES string of the molecule is CCC(C)OC(=O)c1ccc(O)cc1. The van der Waals surface area contributed by atoms with Crippen LogP contribution in [0.1, 0.15) is 30.6 Å². The Morgan fingerprint density at radius 2 is 2.00 bits per heavy atom. The number of rotatable bonds is 3. The number of phenolic OH excluding ortho intramolecular Hbond substituents is 1. The van der Waals surface area contributed by atoms with E-state index >= 15 is 0 Å². The van der Waals surface area contributed by atoms with Crippen LogP contribution >= 0.6 is 0 Å². The average Bonchev–Trinajstić information content (AvgIpc) is 2.18. The molecule has 1 aromatic rings. The smallest absolute Gasteiger partial charge is 0.338 e. The largest absolute Gasteiger partial charge is 0.508 e. The molecule has 3 nitrogen and oxygen atoms in total. The number of carbonyl (C=O) groups is 1. The minimum atomic E-state index is -0.348. The second-order valence-electron chi connectivity index (χ2n) is 3.17. The lowest BCUT2D eigenvalue weighted by molar-refractivity contribution is 0.0334. The molecule has 0 heterocycles. The van der Waals surface area contributed by atoms with E-state index in [2.05, 4.69) is 0 Å². The van der Waals surface area contributed by atoms with Gasteiger partial charge in [0, 0.05) is 0 Å². The van der Waals surface area contributed by atoms with E-state index in [4.69, 9.17) is 9.84 Å². The fourth-order valence-corrected chi connectivity index (χ4v) is 0.932. The van der Waals surface area contributed by atoms with Crippen molar-refractivity contribution in [3.63, 3.8) is 0 Å². The van der Waals surface area contributed by atoms with Crippen LogP contribution in [0.2, 0.25) is 0 Å². The van der Waals surface area contributed by atoms with Gasteiger partial charge in [-0.3, -0.25) is 0 Å². The minimum absolute atomic E-state index is 0.0729. The van der Waals surface area contributed by atoms with Gasteiger partial charge in [-0.05, 0) is 37.6 Å². The van der Waals surface area contributed by atoms with Crippen LogP contribution in [0.15, 0.2) is 24.3 Å². The van der Waals surface area contributed by atoms with E-state index in [1.165, 1.54) is 12.1 Å². The summed E-state index contributed by atoms with van der Waals surface area (Å²) < 4.78 is 5.10. The first-order valence-electron chi connectivity index (χ1n) is 4.63. The molecule has 0 radical (unpaired) electrons.